The van der Waals surface area contributed by atoms with Crippen molar-refractivity contribution in [3.05, 3.63) is 0 Å². The lowest BCUT2D eigenvalue weighted by atomic mass is 9.88. The van der Waals surface area contributed by atoms with Gasteiger partial charge in [0, 0.05) is 0 Å². The van der Waals surface area contributed by atoms with E-state index < -0.39 is 0 Å². The molecule has 2 unspecified atom stereocenters. The molecule has 0 aromatic carbocycles. The monoisotopic (exact) mass is 166 g/mol. The van der Waals surface area contributed by atoms with E-state index in [9.17, 15) is 5.11 Å². The van der Waals surface area contributed by atoms with Crippen molar-refractivity contribution in [3.63, 3.8) is 0 Å². The molecule has 12 heavy (non-hydrogen) atoms. The Morgan fingerprint density at radius 2 is 1.58 bits per heavy atom. The van der Waals surface area contributed by atoms with E-state index in [0.29, 0.717) is 11.8 Å². The van der Waals surface area contributed by atoms with Crippen molar-refractivity contribution in [2.45, 2.75) is 44.6 Å². The van der Waals surface area contributed by atoms with Gasteiger partial charge in [-0.1, -0.05) is 6.92 Å². The maximum atomic E-state index is 10.3. The molecule has 3 aliphatic carbocycles. The molecule has 0 bridgehead atoms. The third-order valence-corrected chi connectivity index (χ3v) is 4.16. The smallest absolute Gasteiger partial charge is 0.0711 e. The van der Waals surface area contributed by atoms with Gasteiger partial charge in [0.2, 0.25) is 0 Å². The topological polar surface area (TPSA) is 20.2 Å². The lowest BCUT2D eigenvalue weighted by Crippen LogP contribution is -2.27. The summed E-state index contributed by atoms with van der Waals surface area (Å²) in [6.45, 7) is 2.21. The molecule has 1 N–H and O–H groups in total. The van der Waals surface area contributed by atoms with Crippen LogP contribution >= 0.6 is 0 Å². The highest BCUT2D eigenvalue weighted by molar-refractivity contribution is 5.12. The van der Waals surface area contributed by atoms with Crippen molar-refractivity contribution in [2.75, 3.05) is 0 Å². The molecule has 1 heteroatoms. The zero-order valence-corrected chi connectivity index (χ0v) is 7.79. The summed E-state index contributed by atoms with van der Waals surface area (Å²) in [4.78, 5) is 0. The van der Waals surface area contributed by atoms with Crippen LogP contribution in [0.2, 0.25) is 0 Å². The summed E-state index contributed by atoms with van der Waals surface area (Å²) in [5, 5.41) is 10.3. The van der Waals surface area contributed by atoms with E-state index in [2.05, 4.69) is 6.92 Å². The summed E-state index contributed by atoms with van der Waals surface area (Å²) in [6.07, 6.45) is 6.68. The fourth-order valence-electron chi connectivity index (χ4n) is 3.01. The number of hydrogen-bond acceptors (Lipinski definition) is 1. The Labute approximate surface area is 74.2 Å². The van der Waals surface area contributed by atoms with Crippen LogP contribution in [0.15, 0.2) is 0 Å². The maximum Gasteiger partial charge on any atom is 0.0711 e. The van der Waals surface area contributed by atoms with Crippen molar-refractivity contribution in [3.8, 4) is 0 Å². The van der Waals surface area contributed by atoms with Gasteiger partial charge < -0.3 is 5.11 Å². The molecule has 3 saturated carbocycles. The standard InChI is InChI=1S/C11H18O/c1-7-6-11(7,12)10(8-2-3-8)9-4-5-9/h7-10,12H,2-6H2,1H3. The van der Waals surface area contributed by atoms with E-state index in [-0.39, 0.29) is 5.60 Å². The van der Waals surface area contributed by atoms with Gasteiger partial charge in [-0.25, -0.2) is 0 Å². The van der Waals surface area contributed by atoms with Crippen LogP contribution in [-0.4, -0.2) is 10.7 Å². The Hall–Kier alpha value is -0.0400. The minimum Gasteiger partial charge on any atom is -0.389 e. The van der Waals surface area contributed by atoms with E-state index >= 15 is 0 Å². The Kier molecular flexibility index (Phi) is 1.27. The van der Waals surface area contributed by atoms with E-state index in [1.54, 1.807) is 0 Å². The molecule has 0 amide bonds. The van der Waals surface area contributed by atoms with Gasteiger partial charge in [0.1, 0.15) is 0 Å². The zero-order chi connectivity index (χ0) is 8.34. The highest BCUT2D eigenvalue weighted by Gasteiger charge is 2.62. The van der Waals surface area contributed by atoms with E-state index in [4.69, 9.17) is 0 Å². The van der Waals surface area contributed by atoms with Gasteiger partial charge in [-0.3, -0.25) is 0 Å². The van der Waals surface area contributed by atoms with Gasteiger partial charge >= 0.3 is 0 Å². The van der Waals surface area contributed by atoms with Crippen molar-refractivity contribution < 1.29 is 5.11 Å². The quantitative estimate of drug-likeness (QED) is 0.681. The molecule has 0 aromatic heterocycles. The Morgan fingerprint density at radius 1 is 1.17 bits per heavy atom. The van der Waals surface area contributed by atoms with Gasteiger partial charge in [0.25, 0.3) is 0 Å². The second kappa shape index (κ2) is 2.06. The predicted molar refractivity (Wildman–Crippen MR) is 47.7 cm³/mol. The number of rotatable bonds is 3. The summed E-state index contributed by atoms with van der Waals surface area (Å²) in [7, 11) is 0. The van der Waals surface area contributed by atoms with Gasteiger partial charge in [-0.2, -0.15) is 0 Å². The van der Waals surface area contributed by atoms with Crippen LogP contribution in [0.4, 0.5) is 0 Å². The summed E-state index contributed by atoms with van der Waals surface area (Å²) in [6, 6.07) is 0. The Balaban J connectivity index is 1.77. The third kappa shape index (κ3) is 0.953. The first-order valence-electron chi connectivity index (χ1n) is 5.44. The Bertz CT molecular complexity index is 193. The fourth-order valence-corrected chi connectivity index (χ4v) is 3.01. The molecule has 68 valence electrons. The number of hydrogen-bond donors (Lipinski definition) is 1. The van der Waals surface area contributed by atoms with Crippen molar-refractivity contribution >= 4 is 0 Å². The van der Waals surface area contributed by atoms with Crippen LogP contribution in [-0.2, 0) is 0 Å². The third-order valence-electron chi connectivity index (χ3n) is 4.16. The summed E-state index contributed by atoms with van der Waals surface area (Å²) >= 11 is 0. The lowest BCUT2D eigenvalue weighted by Gasteiger charge is -2.22. The lowest BCUT2D eigenvalue weighted by molar-refractivity contribution is 0.0441. The van der Waals surface area contributed by atoms with Gasteiger partial charge in [-0.05, 0) is 55.8 Å². The second-order valence-electron chi connectivity index (χ2n) is 5.30. The highest BCUT2D eigenvalue weighted by atomic mass is 16.3. The van der Waals surface area contributed by atoms with Gasteiger partial charge in [0.05, 0.1) is 5.60 Å². The molecule has 3 fully saturated rings. The van der Waals surface area contributed by atoms with Crippen LogP contribution in [0.5, 0.6) is 0 Å². The van der Waals surface area contributed by atoms with Crippen molar-refractivity contribution in [1.29, 1.82) is 0 Å². The molecular formula is C11H18O. The molecular weight excluding hydrogens is 148 g/mol. The molecule has 0 heterocycles. The fraction of sp³-hybridized carbons (Fsp3) is 1.00. The normalized spacial score (nSPS) is 46.8. The van der Waals surface area contributed by atoms with Crippen molar-refractivity contribution in [2.24, 2.45) is 23.7 Å². The average molecular weight is 166 g/mol. The SMILES string of the molecule is CC1CC1(O)C(C1CC1)C1CC1. The minimum absolute atomic E-state index is 0.206. The first-order valence-corrected chi connectivity index (χ1v) is 5.44. The van der Waals surface area contributed by atoms with Crippen LogP contribution in [0.25, 0.3) is 0 Å². The highest BCUT2D eigenvalue weighted by Crippen LogP contribution is 2.62. The summed E-state index contributed by atoms with van der Waals surface area (Å²) in [5.41, 5.74) is -0.206. The van der Waals surface area contributed by atoms with Crippen LogP contribution in [0.1, 0.15) is 39.0 Å². The predicted octanol–water partition coefficient (Wildman–Crippen LogP) is 2.19. The molecule has 3 aliphatic rings. The summed E-state index contributed by atoms with van der Waals surface area (Å²) < 4.78 is 0. The average Bonchev–Trinajstić information content (AvgIpc) is 2.81. The van der Waals surface area contributed by atoms with E-state index in [1.165, 1.54) is 25.7 Å². The van der Waals surface area contributed by atoms with Gasteiger partial charge in [-0.15, -0.1) is 0 Å². The summed E-state index contributed by atoms with van der Waals surface area (Å²) in [5.74, 6) is 3.12. The number of aliphatic hydroxyl groups is 1. The first kappa shape index (κ1) is 7.37. The zero-order valence-electron chi connectivity index (χ0n) is 7.79. The molecule has 0 saturated heterocycles. The molecule has 0 aliphatic heterocycles. The minimum atomic E-state index is -0.206. The molecule has 2 atom stereocenters. The van der Waals surface area contributed by atoms with Crippen LogP contribution in [0.3, 0.4) is 0 Å². The van der Waals surface area contributed by atoms with Gasteiger partial charge in [0.15, 0.2) is 0 Å². The largest absolute Gasteiger partial charge is 0.389 e. The molecule has 0 aromatic rings. The van der Waals surface area contributed by atoms with Crippen LogP contribution < -0.4 is 0 Å². The van der Waals surface area contributed by atoms with Crippen LogP contribution in [0, 0.1) is 23.7 Å². The van der Waals surface area contributed by atoms with E-state index in [1.807, 2.05) is 0 Å². The van der Waals surface area contributed by atoms with E-state index in [0.717, 1.165) is 18.3 Å². The molecule has 1 nitrogen and oxygen atoms in total. The maximum absolute atomic E-state index is 10.3. The Morgan fingerprint density at radius 3 is 1.83 bits per heavy atom. The second-order valence-corrected chi connectivity index (χ2v) is 5.30. The molecule has 0 spiro atoms. The molecule has 0 radical (unpaired) electrons. The van der Waals surface area contributed by atoms with Crippen molar-refractivity contribution in [1.82, 2.24) is 0 Å². The molecule has 3 rings (SSSR count). The first-order chi connectivity index (χ1) is 5.72.